The van der Waals surface area contributed by atoms with Crippen LogP contribution in [0.5, 0.6) is 0 Å². The topological polar surface area (TPSA) is 106 Å². The summed E-state index contributed by atoms with van der Waals surface area (Å²) in [5.74, 6) is -4.30. The Hall–Kier alpha value is -4.62. The largest absolute Gasteiger partial charge is 0.418 e. The summed E-state index contributed by atoms with van der Waals surface area (Å²) in [7, 11) is 0. The molecule has 2 aromatic heterocycles. The summed E-state index contributed by atoms with van der Waals surface area (Å²) >= 11 is 0. The number of nitrogen functional groups attached to an aromatic ring is 1. The fraction of sp³-hybridized carbons (Fsp3) is 0.200. The van der Waals surface area contributed by atoms with Crippen molar-refractivity contribution in [2.45, 2.75) is 18.4 Å². The summed E-state index contributed by atoms with van der Waals surface area (Å²) in [5.41, 5.74) is 2.26. The standard InChI is InChI=1S/C25H18F6N6O2/c26-16-7-2-1-4-12(16)24(39)36-9-17(27)18(10-36)35-23(38)14-6-3-5-13(20(14)28)19-8-15(25(29,30)31)21-22(32)33-11-34-37(19)21/h1-8,11,17-18H,9-10H2,(H,35,38)(H2,32,33,34)/t17-,18+/m0/s1. The quantitative estimate of drug-likeness (QED) is 0.377. The normalized spacial score (nSPS) is 17.5. The Morgan fingerprint density at radius 2 is 1.74 bits per heavy atom. The van der Waals surface area contributed by atoms with Crippen LogP contribution in [0.3, 0.4) is 0 Å². The van der Waals surface area contributed by atoms with Crippen LogP contribution in [-0.2, 0) is 6.18 Å². The number of nitrogens with one attached hydrogen (secondary N) is 1. The second-order valence-electron chi connectivity index (χ2n) is 8.80. The molecule has 1 fully saturated rings. The molecule has 0 saturated carbocycles. The van der Waals surface area contributed by atoms with E-state index >= 15 is 4.39 Å². The molecular formula is C25H18F6N6O2. The Kier molecular flexibility index (Phi) is 6.40. The zero-order chi connectivity index (χ0) is 28.1. The van der Waals surface area contributed by atoms with E-state index in [2.05, 4.69) is 15.4 Å². The van der Waals surface area contributed by atoms with Gasteiger partial charge in [-0.3, -0.25) is 9.59 Å². The first-order chi connectivity index (χ1) is 18.5. The maximum Gasteiger partial charge on any atom is 0.418 e. The van der Waals surface area contributed by atoms with Crippen LogP contribution in [-0.4, -0.2) is 56.6 Å². The molecule has 1 saturated heterocycles. The van der Waals surface area contributed by atoms with Crippen LogP contribution >= 0.6 is 0 Å². The number of anilines is 1. The second kappa shape index (κ2) is 9.60. The summed E-state index contributed by atoms with van der Waals surface area (Å²) in [6.07, 6.45) is -5.70. The number of alkyl halides is 4. The fourth-order valence-electron chi connectivity index (χ4n) is 4.50. The van der Waals surface area contributed by atoms with Gasteiger partial charge in [0.25, 0.3) is 11.8 Å². The molecule has 2 atom stereocenters. The molecule has 1 aliphatic heterocycles. The fourth-order valence-corrected chi connectivity index (χ4v) is 4.50. The first-order valence-corrected chi connectivity index (χ1v) is 11.4. The Morgan fingerprint density at radius 3 is 2.46 bits per heavy atom. The zero-order valence-corrected chi connectivity index (χ0v) is 19.7. The van der Waals surface area contributed by atoms with Gasteiger partial charge in [-0.05, 0) is 30.3 Å². The Morgan fingerprint density at radius 1 is 1.03 bits per heavy atom. The molecule has 39 heavy (non-hydrogen) atoms. The number of benzene rings is 2. The van der Waals surface area contributed by atoms with E-state index in [0.717, 1.165) is 33.9 Å². The summed E-state index contributed by atoms with van der Waals surface area (Å²) in [5, 5.41) is 6.08. The van der Waals surface area contributed by atoms with Gasteiger partial charge in [0.05, 0.1) is 35.0 Å². The van der Waals surface area contributed by atoms with Gasteiger partial charge in [-0.25, -0.2) is 22.7 Å². The number of halogens is 6. The van der Waals surface area contributed by atoms with Crippen molar-refractivity contribution in [3.05, 3.63) is 83.2 Å². The van der Waals surface area contributed by atoms with Gasteiger partial charge in [0, 0.05) is 12.1 Å². The Balaban J connectivity index is 1.42. The number of likely N-dealkylation sites (tertiary alicyclic amines) is 1. The third-order valence-corrected chi connectivity index (χ3v) is 6.36. The highest BCUT2D eigenvalue weighted by Crippen LogP contribution is 2.39. The van der Waals surface area contributed by atoms with Gasteiger partial charge in [0.2, 0.25) is 0 Å². The molecule has 0 aliphatic carbocycles. The van der Waals surface area contributed by atoms with E-state index in [1.807, 2.05) is 0 Å². The summed E-state index contributed by atoms with van der Waals surface area (Å²) in [6, 6.07) is 8.01. The number of aromatic nitrogens is 3. The maximum atomic E-state index is 15.6. The van der Waals surface area contributed by atoms with Crippen LogP contribution in [0.2, 0.25) is 0 Å². The minimum Gasteiger partial charge on any atom is -0.382 e. The zero-order valence-electron chi connectivity index (χ0n) is 19.7. The number of amides is 2. The lowest BCUT2D eigenvalue weighted by Gasteiger charge is -2.17. The van der Waals surface area contributed by atoms with Crippen molar-refractivity contribution in [2.75, 3.05) is 18.8 Å². The van der Waals surface area contributed by atoms with Gasteiger partial charge in [0.1, 0.15) is 29.7 Å². The number of hydrogen-bond donors (Lipinski definition) is 2. The summed E-state index contributed by atoms with van der Waals surface area (Å²) in [4.78, 5) is 30.1. The van der Waals surface area contributed by atoms with Gasteiger partial charge >= 0.3 is 6.18 Å². The highest BCUT2D eigenvalue weighted by atomic mass is 19.4. The van der Waals surface area contributed by atoms with E-state index in [-0.39, 0.29) is 17.8 Å². The molecule has 202 valence electrons. The molecule has 0 radical (unpaired) electrons. The third-order valence-electron chi connectivity index (χ3n) is 6.36. The number of fused-ring (bicyclic) bond motifs is 1. The van der Waals surface area contributed by atoms with Crippen LogP contribution < -0.4 is 11.1 Å². The number of rotatable bonds is 4. The third kappa shape index (κ3) is 4.62. The molecule has 0 bridgehead atoms. The molecule has 2 amide bonds. The molecule has 1 aliphatic rings. The molecule has 5 rings (SSSR count). The number of nitrogens with zero attached hydrogens (tertiary/aromatic N) is 4. The number of carbonyl (C=O) groups excluding carboxylic acids is 2. The predicted molar refractivity (Wildman–Crippen MR) is 126 cm³/mol. The lowest BCUT2D eigenvalue weighted by atomic mass is 10.1. The number of hydrogen-bond acceptors (Lipinski definition) is 5. The molecule has 2 aromatic carbocycles. The van der Waals surface area contributed by atoms with E-state index in [4.69, 9.17) is 5.73 Å². The first-order valence-electron chi connectivity index (χ1n) is 11.4. The van der Waals surface area contributed by atoms with Gasteiger partial charge < -0.3 is 16.0 Å². The molecular weight excluding hydrogens is 530 g/mol. The van der Waals surface area contributed by atoms with Gasteiger partial charge in [0.15, 0.2) is 5.82 Å². The highest BCUT2D eigenvalue weighted by molar-refractivity contribution is 5.97. The minimum atomic E-state index is -4.86. The number of carbonyl (C=O) groups is 2. The van der Waals surface area contributed by atoms with E-state index in [9.17, 15) is 31.5 Å². The average Bonchev–Trinajstić information content (AvgIpc) is 3.46. The van der Waals surface area contributed by atoms with Crippen LogP contribution in [0.15, 0.2) is 54.9 Å². The Labute approximate surface area is 216 Å². The maximum absolute atomic E-state index is 15.6. The summed E-state index contributed by atoms with van der Waals surface area (Å²) < 4.78 is 86.0. The average molecular weight is 548 g/mol. The molecule has 14 heteroatoms. The van der Waals surface area contributed by atoms with Crippen molar-refractivity contribution in [3.8, 4) is 11.3 Å². The Bertz CT molecular complexity index is 1600. The van der Waals surface area contributed by atoms with E-state index in [1.165, 1.54) is 24.3 Å². The lowest BCUT2D eigenvalue weighted by Crippen LogP contribution is -2.42. The van der Waals surface area contributed by atoms with Crippen molar-refractivity contribution in [1.82, 2.24) is 24.8 Å². The minimum absolute atomic E-state index is 0.266. The van der Waals surface area contributed by atoms with E-state index in [0.29, 0.717) is 6.07 Å². The van der Waals surface area contributed by atoms with Crippen molar-refractivity contribution >= 4 is 23.1 Å². The molecule has 3 N–H and O–H groups in total. The number of nitrogens with two attached hydrogens (primary N) is 1. The van der Waals surface area contributed by atoms with Crippen molar-refractivity contribution < 1.29 is 35.9 Å². The van der Waals surface area contributed by atoms with Crippen molar-refractivity contribution in [3.63, 3.8) is 0 Å². The van der Waals surface area contributed by atoms with Gasteiger partial charge in [-0.1, -0.05) is 18.2 Å². The van der Waals surface area contributed by atoms with Gasteiger partial charge in [-0.15, -0.1) is 0 Å². The first kappa shape index (κ1) is 26.0. The van der Waals surface area contributed by atoms with Crippen LogP contribution in [0, 0.1) is 11.6 Å². The van der Waals surface area contributed by atoms with Gasteiger partial charge in [-0.2, -0.15) is 18.3 Å². The smallest absolute Gasteiger partial charge is 0.382 e. The second-order valence-corrected chi connectivity index (χ2v) is 8.80. The van der Waals surface area contributed by atoms with Crippen molar-refractivity contribution in [1.29, 1.82) is 0 Å². The van der Waals surface area contributed by atoms with Crippen LogP contribution in [0.25, 0.3) is 16.8 Å². The molecule has 4 aromatic rings. The summed E-state index contributed by atoms with van der Waals surface area (Å²) in [6.45, 7) is -0.742. The van der Waals surface area contributed by atoms with Crippen LogP contribution in [0.4, 0.5) is 32.2 Å². The molecule has 8 nitrogen and oxygen atoms in total. The molecule has 0 unspecified atom stereocenters. The van der Waals surface area contributed by atoms with E-state index < -0.39 is 76.4 Å². The SMILES string of the molecule is Nc1ncnn2c(-c3cccc(C(=O)N[C@@H]4CN(C(=O)c5ccccc5F)C[C@@H]4F)c3F)cc(C(F)(F)F)c12. The molecule has 0 spiro atoms. The van der Waals surface area contributed by atoms with Crippen molar-refractivity contribution in [2.24, 2.45) is 0 Å². The van der Waals surface area contributed by atoms with E-state index in [1.54, 1.807) is 0 Å². The molecule has 3 heterocycles. The predicted octanol–water partition coefficient (Wildman–Crippen LogP) is 3.87. The monoisotopic (exact) mass is 548 g/mol. The highest BCUT2D eigenvalue weighted by Gasteiger charge is 2.39. The lowest BCUT2D eigenvalue weighted by molar-refractivity contribution is -0.136. The van der Waals surface area contributed by atoms with Crippen LogP contribution in [0.1, 0.15) is 26.3 Å².